The fourth-order valence-corrected chi connectivity index (χ4v) is 2.44. The Morgan fingerprint density at radius 2 is 2.17 bits per heavy atom. The Hall–Kier alpha value is -0.870. The van der Waals surface area contributed by atoms with Crippen molar-refractivity contribution in [3.8, 4) is 0 Å². The number of benzene rings is 1. The maximum atomic E-state index is 12.3. The van der Waals surface area contributed by atoms with Gasteiger partial charge in [0.1, 0.15) is 0 Å². The minimum atomic E-state index is -0.103. The van der Waals surface area contributed by atoms with E-state index in [4.69, 9.17) is 0 Å². The number of carbonyl (C=O) groups excluding carboxylic acids is 1. The van der Waals surface area contributed by atoms with E-state index in [-0.39, 0.29) is 11.9 Å². The fourth-order valence-electron chi connectivity index (χ4n) is 2.20. The van der Waals surface area contributed by atoms with Gasteiger partial charge in [0.25, 0.3) is 0 Å². The van der Waals surface area contributed by atoms with Crippen molar-refractivity contribution in [1.29, 1.82) is 0 Å². The van der Waals surface area contributed by atoms with E-state index in [0.29, 0.717) is 0 Å². The molecule has 1 unspecified atom stereocenters. The zero-order chi connectivity index (χ0) is 13.1. The lowest BCUT2D eigenvalue weighted by molar-refractivity contribution is -0.120. The largest absolute Gasteiger partial charge is 0.311 e. The van der Waals surface area contributed by atoms with Gasteiger partial charge in [-0.1, -0.05) is 15.9 Å². The van der Waals surface area contributed by atoms with E-state index in [1.54, 1.807) is 0 Å². The van der Waals surface area contributed by atoms with Gasteiger partial charge in [-0.2, -0.15) is 0 Å². The lowest BCUT2D eigenvalue weighted by Crippen LogP contribution is -2.47. The second-order valence-corrected chi connectivity index (χ2v) is 5.66. The highest BCUT2D eigenvalue weighted by Crippen LogP contribution is 2.24. The van der Waals surface area contributed by atoms with Gasteiger partial charge in [-0.05, 0) is 57.0 Å². The molecule has 98 valence electrons. The molecular weight excluding hydrogens is 292 g/mol. The molecule has 0 bridgehead atoms. The Bertz CT molecular complexity index is 447. The Labute approximate surface area is 117 Å². The summed E-state index contributed by atoms with van der Waals surface area (Å²) in [5.74, 6) is 0.163. The average molecular weight is 311 g/mol. The molecule has 1 heterocycles. The van der Waals surface area contributed by atoms with Crippen LogP contribution in [0.3, 0.4) is 0 Å². The molecule has 0 aromatic heterocycles. The van der Waals surface area contributed by atoms with Gasteiger partial charge < -0.3 is 10.2 Å². The van der Waals surface area contributed by atoms with Crippen LogP contribution in [0, 0.1) is 6.92 Å². The Morgan fingerprint density at radius 3 is 2.89 bits per heavy atom. The molecule has 1 atom stereocenters. The molecule has 0 saturated carbocycles. The van der Waals surface area contributed by atoms with E-state index in [9.17, 15) is 4.79 Å². The molecule has 0 aliphatic carbocycles. The molecule has 1 fully saturated rings. The number of nitrogens with one attached hydrogen (secondary N) is 1. The molecule has 1 aliphatic rings. The number of hydrogen-bond acceptors (Lipinski definition) is 2. The van der Waals surface area contributed by atoms with Crippen molar-refractivity contribution in [2.75, 3.05) is 18.0 Å². The van der Waals surface area contributed by atoms with Crippen molar-refractivity contribution in [3.63, 3.8) is 0 Å². The summed E-state index contributed by atoms with van der Waals surface area (Å²) in [5.41, 5.74) is 2.15. The third-order valence-electron chi connectivity index (χ3n) is 3.35. The molecule has 4 heteroatoms. The molecule has 1 aromatic carbocycles. The van der Waals surface area contributed by atoms with Gasteiger partial charge >= 0.3 is 0 Å². The fraction of sp³-hybridized carbons (Fsp3) is 0.500. The first-order valence-electron chi connectivity index (χ1n) is 6.40. The van der Waals surface area contributed by atoms with Crippen molar-refractivity contribution < 1.29 is 4.79 Å². The maximum Gasteiger partial charge on any atom is 0.243 e. The van der Waals surface area contributed by atoms with Crippen molar-refractivity contribution in [1.82, 2.24) is 5.32 Å². The monoisotopic (exact) mass is 310 g/mol. The van der Waals surface area contributed by atoms with E-state index < -0.39 is 0 Å². The topological polar surface area (TPSA) is 32.3 Å². The van der Waals surface area contributed by atoms with E-state index >= 15 is 0 Å². The third-order valence-corrected chi connectivity index (χ3v) is 4.24. The first-order valence-corrected chi connectivity index (χ1v) is 7.20. The minimum absolute atomic E-state index is 0.103. The second-order valence-electron chi connectivity index (χ2n) is 4.81. The van der Waals surface area contributed by atoms with Gasteiger partial charge in [0.15, 0.2) is 0 Å². The van der Waals surface area contributed by atoms with Gasteiger partial charge in [-0.15, -0.1) is 0 Å². The SMILES string of the molecule is Cc1cc(N2CCCCNC(C)C2=O)ccc1Br. The Kier molecular flexibility index (Phi) is 4.40. The lowest BCUT2D eigenvalue weighted by atomic mass is 10.1. The van der Waals surface area contributed by atoms with Crippen LogP contribution in [0.2, 0.25) is 0 Å². The predicted octanol–water partition coefficient (Wildman–Crippen LogP) is 2.86. The van der Waals surface area contributed by atoms with Crippen molar-refractivity contribution in [2.45, 2.75) is 32.7 Å². The minimum Gasteiger partial charge on any atom is -0.311 e. The summed E-state index contributed by atoms with van der Waals surface area (Å²) in [6.45, 7) is 5.72. The number of aryl methyl sites for hydroxylation is 1. The van der Waals surface area contributed by atoms with Crippen molar-refractivity contribution in [3.05, 3.63) is 28.2 Å². The molecule has 1 aliphatic heterocycles. The number of anilines is 1. The highest BCUT2D eigenvalue weighted by Gasteiger charge is 2.23. The van der Waals surface area contributed by atoms with E-state index in [1.807, 2.05) is 30.9 Å². The van der Waals surface area contributed by atoms with Crippen LogP contribution in [0.1, 0.15) is 25.3 Å². The van der Waals surface area contributed by atoms with Crippen LogP contribution in [0.25, 0.3) is 0 Å². The summed E-state index contributed by atoms with van der Waals surface area (Å²) in [7, 11) is 0. The molecule has 0 spiro atoms. The van der Waals surface area contributed by atoms with Gasteiger partial charge in [-0.25, -0.2) is 0 Å². The zero-order valence-electron chi connectivity index (χ0n) is 10.9. The lowest BCUT2D eigenvalue weighted by Gasteiger charge is -2.29. The number of carbonyl (C=O) groups is 1. The maximum absolute atomic E-state index is 12.3. The van der Waals surface area contributed by atoms with Crippen LogP contribution < -0.4 is 10.2 Å². The molecular formula is C14H19BrN2O. The summed E-state index contributed by atoms with van der Waals surface area (Å²) < 4.78 is 1.08. The smallest absolute Gasteiger partial charge is 0.243 e. The summed E-state index contributed by atoms with van der Waals surface area (Å²) in [4.78, 5) is 14.2. The van der Waals surface area contributed by atoms with Gasteiger partial charge in [0, 0.05) is 16.7 Å². The first kappa shape index (κ1) is 13.6. The summed E-state index contributed by atoms with van der Waals surface area (Å²) in [6.07, 6.45) is 2.16. The predicted molar refractivity (Wildman–Crippen MR) is 77.9 cm³/mol. The van der Waals surface area contributed by atoms with Crippen LogP contribution in [-0.2, 0) is 4.79 Å². The molecule has 1 N–H and O–H groups in total. The molecule has 3 nitrogen and oxygen atoms in total. The van der Waals surface area contributed by atoms with Crippen LogP contribution in [0.4, 0.5) is 5.69 Å². The van der Waals surface area contributed by atoms with Crippen LogP contribution in [-0.4, -0.2) is 25.0 Å². The number of halogens is 1. The van der Waals surface area contributed by atoms with Crippen molar-refractivity contribution in [2.24, 2.45) is 0 Å². The number of amides is 1. The van der Waals surface area contributed by atoms with E-state index in [1.165, 1.54) is 0 Å². The molecule has 2 rings (SSSR count). The van der Waals surface area contributed by atoms with Crippen molar-refractivity contribution >= 4 is 27.5 Å². The highest BCUT2D eigenvalue weighted by molar-refractivity contribution is 9.10. The van der Waals surface area contributed by atoms with Gasteiger partial charge in [-0.3, -0.25) is 4.79 Å². The van der Waals surface area contributed by atoms with Crippen LogP contribution in [0.15, 0.2) is 22.7 Å². The molecule has 1 amide bonds. The normalized spacial score (nSPS) is 21.6. The summed E-state index contributed by atoms with van der Waals surface area (Å²) in [6, 6.07) is 5.98. The standard InChI is InChI=1S/C14H19BrN2O/c1-10-9-12(5-6-13(10)15)17-8-4-3-7-16-11(2)14(17)18/h5-6,9,11,16H,3-4,7-8H2,1-2H3. The van der Waals surface area contributed by atoms with Crippen LogP contribution in [0.5, 0.6) is 0 Å². The third kappa shape index (κ3) is 2.93. The first-order chi connectivity index (χ1) is 8.59. The van der Waals surface area contributed by atoms with Gasteiger partial charge in [0.2, 0.25) is 5.91 Å². The molecule has 1 aromatic rings. The molecule has 0 radical (unpaired) electrons. The quantitative estimate of drug-likeness (QED) is 0.865. The summed E-state index contributed by atoms with van der Waals surface area (Å²) in [5, 5.41) is 3.26. The average Bonchev–Trinajstić information content (AvgIpc) is 2.34. The number of rotatable bonds is 1. The summed E-state index contributed by atoms with van der Waals surface area (Å²) >= 11 is 3.49. The van der Waals surface area contributed by atoms with E-state index in [0.717, 1.165) is 41.7 Å². The van der Waals surface area contributed by atoms with Crippen LogP contribution >= 0.6 is 15.9 Å². The molecule has 1 saturated heterocycles. The second kappa shape index (κ2) is 5.85. The van der Waals surface area contributed by atoms with Gasteiger partial charge in [0.05, 0.1) is 6.04 Å². The Balaban J connectivity index is 2.27. The highest BCUT2D eigenvalue weighted by atomic mass is 79.9. The molecule has 18 heavy (non-hydrogen) atoms. The van der Waals surface area contributed by atoms with E-state index in [2.05, 4.69) is 27.3 Å². The number of hydrogen-bond donors (Lipinski definition) is 1. The number of nitrogens with zero attached hydrogens (tertiary/aromatic N) is 1. The Morgan fingerprint density at radius 1 is 1.39 bits per heavy atom. The zero-order valence-corrected chi connectivity index (χ0v) is 12.5.